The Morgan fingerprint density at radius 3 is 2.32 bits per heavy atom. The molecule has 174 valence electrons. The van der Waals surface area contributed by atoms with Crippen LogP contribution in [0.4, 0.5) is 10.1 Å². The SMILES string of the molecule is COc1ccc(OC)c(NC2=C(c3ccc(C)c(C)c3)C(=O)N(Cc3ccccc3F)C2=O)c1. The van der Waals surface area contributed by atoms with Crippen molar-refractivity contribution < 1.29 is 23.5 Å². The van der Waals surface area contributed by atoms with Gasteiger partial charge in [0.15, 0.2) is 0 Å². The van der Waals surface area contributed by atoms with Crippen LogP contribution in [0.3, 0.4) is 0 Å². The maximum atomic E-state index is 14.3. The topological polar surface area (TPSA) is 67.9 Å². The van der Waals surface area contributed by atoms with Crippen molar-refractivity contribution in [2.45, 2.75) is 20.4 Å². The van der Waals surface area contributed by atoms with Gasteiger partial charge in [-0.1, -0.05) is 36.4 Å². The zero-order valence-electron chi connectivity index (χ0n) is 19.4. The van der Waals surface area contributed by atoms with Gasteiger partial charge >= 0.3 is 0 Å². The predicted octanol–water partition coefficient (Wildman–Crippen LogP) is 4.85. The number of carbonyl (C=O) groups excluding carboxylic acids is 2. The van der Waals surface area contributed by atoms with E-state index in [-0.39, 0.29) is 23.4 Å². The number of nitrogens with zero attached hydrogens (tertiary/aromatic N) is 1. The highest BCUT2D eigenvalue weighted by Gasteiger charge is 2.40. The number of aryl methyl sites for hydroxylation is 2. The number of carbonyl (C=O) groups is 2. The lowest BCUT2D eigenvalue weighted by Crippen LogP contribution is -2.32. The second-order valence-electron chi connectivity index (χ2n) is 8.03. The summed E-state index contributed by atoms with van der Waals surface area (Å²) in [6.07, 6.45) is 0. The first kappa shape index (κ1) is 23.0. The monoisotopic (exact) mass is 460 g/mol. The second-order valence-corrected chi connectivity index (χ2v) is 8.03. The highest BCUT2D eigenvalue weighted by molar-refractivity contribution is 6.36. The van der Waals surface area contributed by atoms with E-state index in [1.54, 1.807) is 42.5 Å². The van der Waals surface area contributed by atoms with Gasteiger partial charge < -0.3 is 14.8 Å². The Kier molecular flexibility index (Phi) is 6.36. The molecule has 4 rings (SSSR count). The van der Waals surface area contributed by atoms with Crippen LogP contribution in [-0.4, -0.2) is 30.9 Å². The Hall–Kier alpha value is -4.13. The first-order chi connectivity index (χ1) is 16.3. The number of anilines is 1. The maximum Gasteiger partial charge on any atom is 0.278 e. The van der Waals surface area contributed by atoms with E-state index in [1.165, 1.54) is 20.3 Å². The molecule has 6 nitrogen and oxygen atoms in total. The molecule has 0 radical (unpaired) electrons. The number of benzene rings is 3. The molecule has 34 heavy (non-hydrogen) atoms. The smallest absolute Gasteiger partial charge is 0.278 e. The van der Waals surface area contributed by atoms with Crippen LogP contribution < -0.4 is 14.8 Å². The van der Waals surface area contributed by atoms with E-state index in [2.05, 4.69) is 5.32 Å². The molecule has 0 atom stereocenters. The number of hydrogen-bond acceptors (Lipinski definition) is 5. The molecule has 2 amide bonds. The molecule has 0 aromatic heterocycles. The third-order valence-electron chi connectivity index (χ3n) is 5.92. The molecule has 7 heteroatoms. The Morgan fingerprint density at radius 2 is 1.65 bits per heavy atom. The van der Waals surface area contributed by atoms with Crippen LogP contribution in [0.5, 0.6) is 11.5 Å². The van der Waals surface area contributed by atoms with E-state index in [9.17, 15) is 14.0 Å². The van der Waals surface area contributed by atoms with Gasteiger partial charge in [0.1, 0.15) is 23.0 Å². The first-order valence-corrected chi connectivity index (χ1v) is 10.7. The zero-order valence-corrected chi connectivity index (χ0v) is 19.4. The van der Waals surface area contributed by atoms with Gasteiger partial charge in [0, 0.05) is 11.6 Å². The van der Waals surface area contributed by atoms with Crippen molar-refractivity contribution in [1.29, 1.82) is 0 Å². The molecule has 0 bridgehead atoms. The fourth-order valence-electron chi connectivity index (χ4n) is 3.84. The number of hydrogen-bond donors (Lipinski definition) is 1. The van der Waals surface area contributed by atoms with E-state index in [0.717, 1.165) is 16.0 Å². The van der Waals surface area contributed by atoms with Crippen molar-refractivity contribution in [3.05, 3.63) is 94.4 Å². The van der Waals surface area contributed by atoms with Gasteiger partial charge in [-0.25, -0.2) is 4.39 Å². The van der Waals surface area contributed by atoms with Crippen LogP contribution >= 0.6 is 0 Å². The Bertz CT molecular complexity index is 1320. The fraction of sp³-hybridized carbons (Fsp3) is 0.185. The fourth-order valence-corrected chi connectivity index (χ4v) is 3.84. The molecule has 1 N–H and O–H groups in total. The summed E-state index contributed by atoms with van der Waals surface area (Å²) >= 11 is 0. The van der Waals surface area contributed by atoms with Crippen molar-refractivity contribution in [2.24, 2.45) is 0 Å². The molecule has 3 aromatic rings. The van der Waals surface area contributed by atoms with E-state index in [4.69, 9.17) is 9.47 Å². The van der Waals surface area contributed by atoms with Gasteiger partial charge in [-0.2, -0.15) is 0 Å². The van der Waals surface area contributed by atoms with E-state index >= 15 is 0 Å². The summed E-state index contributed by atoms with van der Waals surface area (Å²) in [5.74, 6) is -0.504. The van der Waals surface area contributed by atoms with Crippen LogP contribution in [0, 0.1) is 19.7 Å². The lowest BCUT2D eigenvalue weighted by atomic mass is 9.99. The van der Waals surface area contributed by atoms with Crippen molar-refractivity contribution in [1.82, 2.24) is 4.90 Å². The minimum Gasteiger partial charge on any atom is -0.497 e. The molecular formula is C27H25FN2O4. The molecule has 0 fully saturated rings. The Labute approximate surface area is 197 Å². The quantitative estimate of drug-likeness (QED) is 0.511. The number of rotatable bonds is 7. The van der Waals surface area contributed by atoms with Gasteiger partial charge in [0.05, 0.1) is 32.0 Å². The third-order valence-corrected chi connectivity index (χ3v) is 5.92. The summed E-state index contributed by atoms with van der Waals surface area (Å²) < 4.78 is 25.1. The lowest BCUT2D eigenvalue weighted by Gasteiger charge is -2.16. The summed E-state index contributed by atoms with van der Waals surface area (Å²) in [5.41, 5.74) is 3.67. The van der Waals surface area contributed by atoms with Crippen LogP contribution in [0.25, 0.3) is 5.57 Å². The summed E-state index contributed by atoms with van der Waals surface area (Å²) in [4.78, 5) is 28.1. The normalized spacial score (nSPS) is 13.5. The highest BCUT2D eigenvalue weighted by Crippen LogP contribution is 2.36. The summed E-state index contributed by atoms with van der Waals surface area (Å²) in [6.45, 7) is 3.73. The molecule has 1 aliphatic heterocycles. The third kappa shape index (κ3) is 4.24. The number of methoxy groups -OCH3 is 2. The molecule has 0 saturated heterocycles. The van der Waals surface area contributed by atoms with Gasteiger partial charge in [-0.15, -0.1) is 0 Å². The largest absolute Gasteiger partial charge is 0.497 e. The molecule has 0 saturated carbocycles. The van der Waals surface area contributed by atoms with Crippen LogP contribution in [-0.2, 0) is 16.1 Å². The highest BCUT2D eigenvalue weighted by atomic mass is 19.1. The predicted molar refractivity (Wildman–Crippen MR) is 128 cm³/mol. The van der Waals surface area contributed by atoms with E-state index in [1.807, 2.05) is 26.0 Å². The summed E-state index contributed by atoms with van der Waals surface area (Å²) in [6, 6.07) is 16.8. The van der Waals surface area contributed by atoms with E-state index in [0.29, 0.717) is 22.7 Å². The average Bonchev–Trinajstić information content (AvgIpc) is 3.06. The van der Waals surface area contributed by atoms with Crippen LogP contribution in [0.2, 0.25) is 0 Å². The molecular weight excluding hydrogens is 435 g/mol. The van der Waals surface area contributed by atoms with Gasteiger partial charge in [-0.3, -0.25) is 14.5 Å². The maximum absolute atomic E-state index is 14.3. The average molecular weight is 461 g/mol. The minimum absolute atomic E-state index is 0.0937. The molecule has 0 unspecified atom stereocenters. The summed E-state index contributed by atoms with van der Waals surface area (Å²) in [7, 11) is 3.05. The Morgan fingerprint density at radius 1 is 0.882 bits per heavy atom. The lowest BCUT2D eigenvalue weighted by molar-refractivity contribution is -0.137. The molecule has 0 spiro atoms. The van der Waals surface area contributed by atoms with Crippen LogP contribution in [0.15, 0.2) is 66.4 Å². The summed E-state index contributed by atoms with van der Waals surface area (Å²) in [5, 5.41) is 3.10. The van der Waals surface area contributed by atoms with Crippen molar-refractivity contribution in [2.75, 3.05) is 19.5 Å². The Balaban J connectivity index is 1.82. The molecule has 1 heterocycles. The number of imide groups is 1. The minimum atomic E-state index is -0.550. The van der Waals surface area contributed by atoms with Gasteiger partial charge in [-0.05, 0) is 48.7 Å². The van der Waals surface area contributed by atoms with Crippen molar-refractivity contribution >= 4 is 23.1 Å². The first-order valence-electron chi connectivity index (χ1n) is 10.7. The van der Waals surface area contributed by atoms with Gasteiger partial charge in [0.2, 0.25) is 0 Å². The second kappa shape index (κ2) is 9.39. The molecule has 1 aliphatic rings. The van der Waals surface area contributed by atoms with Crippen LogP contribution in [0.1, 0.15) is 22.3 Å². The van der Waals surface area contributed by atoms with Gasteiger partial charge in [0.25, 0.3) is 11.8 Å². The molecule has 3 aromatic carbocycles. The number of amides is 2. The number of halogens is 1. The number of nitrogens with one attached hydrogen (secondary N) is 1. The van der Waals surface area contributed by atoms with Crippen molar-refractivity contribution in [3.8, 4) is 11.5 Å². The number of ether oxygens (including phenoxy) is 2. The van der Waals surface area contributed by atoms with Crippen molar-refractivity contribution in [3.63, 3.8) is 0 Å². The zero-order chi connectivity index (χ0) is 24.4. The van der Waals surface area contributed by atoms with E-state index < -0.39 is 17.6 Å². The standard InChI is InChI=1S/C27H25FN2O4/c1-16-9-10-18(13-17(16)2)24-25(29-22-14-20(33-3)11-12-23(22)34-4)27(32)30(26(24)31)15-19-7-5-6-8-21(19)28/h5-14,29H,15H2,1-4H3. The molecule has 0 aliphatic carbocycles.